The summed E-state index contributed by atoms with van der Waals surface area (Å²) in [6, 6.07) is 26.4. The lowest BCUT2D eigenvalue weighted by Crippen LogP contribution is -2.40. The molecule has 0 bridgehead atoms. The number of rotatable bonds is 9. The molecule has 0 saturated carbocycles. The van der Waals surface area contributed by atoms with Crippen LogP contribution in [-0.2, 0) is 5.41 Å². The van der Waals surface area contributed by atoms with Gasteiger partial charge in [-0.05, 0) is 85.2 Å². The van der Waals surface area contributed by atoms with Crippen LogP contribution in [-0.4, -0.2) is 12.6 Å². The molecule has 0 aliphatic carbocycles. The summed E-state index contributed by atoms with van der Waals surface area (Å²) in [7, 11) is 1.71. The Labute approximate surface area is 195 Å². The number of nitrogens with zero attached hydrogens (tertiary/aromatic N) is 1. The van der Waals surface area contributed by atoms with Gasteiger partial charge in [-0.2, -0.15) is 0 Å². The molecule has 0 radical (unpaired) electrons. The highest BCUT2D eigenvalue weighted by molar-refractivity contribution is 5.71. The Kier molecular flexibility index (Phi) is 7.33. The minimum absolute atomic E-state index is 0.00175. The van der Waals surface area contributed by atoms with Crippen LogP contribution in [0.15, 0.2) is 72.8 Å². The van der Waals surface area contributed by atoms with E-state index in [1.165, 1.54) is 28.1 Å². The van der Waals surface area contributed by atoms with Gasteiger partial charge in [0.15, 0.2) is 0 Å². The van der Waals surface area contributed by atoms with E-state index in [1.54, 1.807) is 7.11 Å². The van der Waals surface area contributed by atoms with Gasteiger partial charge in [0.25, 0.3) is 0 Å². The molecule has 0 amide bonds. The topological polar surface area (TPSA) is 12.5 Å². The van der Waals surface area contributed by atoms with E-state index in [0.717, 1.165) is 25.0 Å². The first-order valence-corrected chi connectivity index (χ1v) is 11.9. The second-order valence-electron chi connectivity index (χ2n) is 9.96. The van der Waals surface area contributed by atoms with Crippen LogP contribution in [0, 0.1) is 0 Å². The highest BCUT2D eigenvalue weighted by atomic mass is 16.5. The molecule has 0 atom stereocenters. The Balaban J connectivity index is 1.93. The number of benzene rings is 3. The average Bonchev–Trinajstić information content (AvgIpc) is 2.80. The molecule has 0 aliphatic rings. The molecule has 0 unspecified atom stereocenters. The molecule has 0 spiro atoms. The molecule has 0 heterocycles. The predicted octanol–water partition coefficient (Wildman–Crippen LogP) is 8.77. The first-order valence-electron chi connectivity index (χ1n) is 11.9. The molecule has 170 valence electrons. The fraction of sp³-hybridized carbons (Fsp3) is 0.400. The van der Waals surface area contributed by atoms with Crippen molar-refractivity contribution in [2.75, 3.05) is 12.0 Å². The Morgan fingerprint density at radius 1 is 0.688 bits per heavy atom. The van der Waals surface area contributed by atoms with Crippen molar-refractivity contribution < 1.29 is 4.74 Å². The Bertz CT molecular complexity index is 983. The van der Waals surface area contributed by atoms with Gasteiger partial charge in [0.2, 0.25) is 0 Å². The van der Waals surface area contributed by atoms with Crippen LogP contribution in [0.25, 0.3) is 11.1 Å². The van der Waals surface area contributed by atoms with Crippen LogP contribution >= 0.6 is 0 Å². The molecule has 0 aliphatic heterocycles. The van der Waals surface area contributed by atoms with Gasteiger partial charge in [-0.3, -0.25) is 0 Å². The van der Waals surface area contributed by atoms with Crippen molar-refractivity contribution in [1.82, 2.24) is 0 Å². The summed E-state index contributed by atoms with van der Waals surface area (Å²) in [6.45, 7) is 13.8. The minimum atomic E-state index is -0.00175. The molecule has 3 aromatic carbocycles. The fourth-order valence-corrected chi connectivity index (χ4v) is 4.42. The molecular weight excluding hydrogens is 390 g/mol. The van der Waals surface area contributed by atoms with E-state index in [-0.39, 0.29) is 11.0 Å². The third-order valence-corrected chi connectivity index (χ3v) is 6.81. The normalized spacial score (nSPS) is 12.0. The van der Waals surface area contributed by atoms with E-state index < -0.39 is 0 Å². The fourth-order valence-electron chi connectivity index (χ4n) is 4.42. The molecular formula is C30H39NO. The van der Waals surface area contributed by atoms with E-state index >= 15 is 0 Å². The van der Waals surface area contributed by atoms with Crippen molar-refractivity contribution in [2.24, 2.45) is 0 Å². The van der Waals surface area contributed by atoms with Crippen LogP contribution in [0.5, 0.6) is 5.75 Å². The summed E-state index contributed by atoms with van der Waals surface area (Å²) in [5, 5.41) is 0. The van der Waals surface area contributed by atoms with Gasteiger partial charge in [-0.15, -0.1) is 0 Å². The molecule has 3 aromatic rings. The van der Waals surface area contributed by atoms with Crippen LogP contribution in [0.3, 0.4) is 0 Å². The first-order chi connectivity index (χ1) is 15.2. The van der Waals surface area contributed by atoms with Crippen LogP contribution in [0.2, 0.25) is 0 Å². The van der Waals surface area contributed by atoms with E-state index in [2.05, 4.69) is 107 Å². The number of hydrogen-bond donors (Lipinski definition) is 0. The molecule has 2 heteroatoms. The highest BCUT2D eigenvalue weighted by Crippen LogP contribution is 2.37. The summed E-state index contributed by atoms with van der Waals surface area (Å²) in [5.41, 5.74) is 6.51. The van der Waals surface area contributed by atoms with Crippen molar-refractivity contribution in [2.45, 2.75) is 71.8 Å². The van der Waals surface area contributed by atoms with Gasteiger partial charge in [-0.1, -0.05) is 70.5 Å². The lowest BCUT2D eigenvalue weighted by molar-refractivity contribution is 0.414. The van der Waals surface area contributed by atoms with E-state index in [0.29, 0.717) is 0 Å². The molecule has 0 aromatic heterocycles. The Morgan fingerprint density at radius 2 is 1.16 bits per heavy atom. The van der Waals surface area contributed by atoms with Crippen molar-refractivity contribution in [3.63, 3.8) is 0 Å². The van der Waals surface area contributed by atoms with Crippen molar-refractivity contribution in [1.29, 1.82) is 0 Å². The van der Waals surface area contributed by atoms with Crippen LogP contribution < -0.4 is 9.64 Å². The molecule has 0 saturated heterocycles. The zero-order valence-electron chi connectivity index (χ0n) is 20.9. The monoisotopic (exact) mass is 429 g/mol. The van der Waals surface area contributed by atoms with Gasteiger partial charge in [0, 0.05) is 16.9 Å². The van der Waals surface area contributed by atoms with Crippen LogP contribution in [0.1, 0.15) is 66.4 Å². The highest BCUT2D eigenvalue weighted by Gasteiger charge is 2.28. The molecule has 32 heavy (non-hydrogen) atoms. The van der Waals surface area contributed by atoms with Crippen molar-refractivity contribution >= 4 is 11.4 Å². The van der Waals surface area contributed by atoms with Crippen LogP contribution in [0.4, 0.5) is 11.4 Å². The van der Waals surface area contributed by atoms with Gasteiger partial charge in [0.05, 0.1) is 7.11 Å². The average molecular weight is 430 g/mol. The first kappa shape index (κ1) is 23.9. The molecule has 2 nitrogen and oxygen atoms in total. The summed E-state index contributed by atoms with van der Waals surface area (Å²) in [4.78, 5) is 2.45. The summed E-state index contributed by atoms with van der Waals surface area (Å²) >= 11 is 0. The van der Waals surface area contributed by atoms with Crippen molar-refractivity contribution in [3.8, 4) is 16.9 Å². The Morgan fingerprint density at radius 3 is 1.59 bits per heavy atom. The third kappa shape index (κ3) is 5.18. The van der Waals surface area contributed by atoms with Crippen molar-refractivity contribution in [3.05, 3.63) is 78.4 Å². The van der Waals surface area contributed by atoms with Gasteiger partial charge < -0.3 is 9.64 Å². The maximum atomic E-state index is 5.37. The number of ether oxygens (including phenoxy) is 1. The molecule has 3 rings (SSSR count). The lowest BCUT2D eigenvalue weighted by Gasteiger charge is -2.41. The Hall–Kier alpha value is -2.74. The lowest BCUT2D eigenvalue weighted by atomic mass is 9.82. The van der Waals surface area contributed by atoms with E-state index in [9.17, 15) is 0 Å². The van der Waals surface area contributed by atoms with Gasteiger partial charge >= 0.3 is 0 Å². The smallest absolute Gasteiger partial charge is 0.119 e. The summed E-state index contributed by atoms with van der Waals surface area (Å²) < 4.78 is 5.37. The second-order valence-corrected chi connectivity index (χ2v) is 9.96. The number of methoxy groups -OCH3 is 1. The SMILES string of the molecule is CCCC(C)(C)N(c1ccc(OC)cc1)c1ccc(-c2ccc(C(C)(C)CC)cc2)cc1. The maximum Gasteiger partial charge on any atom is 0.119 e. The standard InChI is InChI=1S/C30H39NO/c1-8-22-30(5,6)31(27-18-20-28(32-7)21-19-27)26-16-12-24(13-17-26)23-10-14-25(15-11-23)29(3,4)9-2/h10-21H,8-9,22H2,1-7H3. The van der Waals surface area contributed by atoms with Gasteiger partial charge in [0.1, 0.15) is 5.75 Å². The zero-order chi connectivity index (χ0) is 23.4. The van der Waals surface area contributed by atoms with E-state index in [1.807, 2.05) is 12.1 Å². The minimum Gasteiger partial charge on any atom is -0.497 e. The second kappa shape index (κ2) is 9.81. The zero-order valence-corrected chi connectivity index (χ0v) is 20.9. The van der Waals surface area contributed by atoms with Gasteiger partial charge in [-0.25, -0.2) is 0 Å². The summed E-state index contributed by atoms with van der Waals surface area (Å²) in [5.74, 6) is 0.882. The quantitative estimate of drug-likeness (QED) is 0.337. The largest absolute Gasteiger partial charge is 0.497 e. The number of anilines is 2. The predicted molar refractivity (Wildman–Crippen MR) is 139 cm³/mol. The molecule has 0 N–H and O–H groups in total. The number of hydrogen-bond acceptors (Lipinski definition) is 2. The van der Waals surface area contributed by atoms with E-state index in [4.69, 9.17) is 4.74 Å². The third-order valence-electron chi connectivity index (χ3n) is 6.81. The summed E-state index contributed by atoms with van der Waals surface area (Å²) in [6.07, 6.45) is 3.38. The maximum absolute atomic E-state index is 5.37. The molecule has 0 fully saturated rings.